The molecule has 0 unspecified atom stereocenters. The predicted octanol–water partition coefficient (Wildman–Crippen LogP) is 6.12. The molecule has 0 aliphatic rings. The molecule has 0 radical (unpaired) electrons. The van der Waals surface area contributed by atoms with Crippen molar-refractivity contribution in [2.75, 3.05) is 28.4 Å². The maximum atomic E-state index is 12.6. The number of carbonyl (C=O) groups excluding carboxylic acids is 1. The van der Waals surface area contributed by atoms with Crippen molar-refractivity contribution in [1.82, 2.24) is 0 Å². The highest BCUT2D eigenvalue weighted by Crippen LogP contribution is 2.35. The molecule has 204 valence electrons. The summed E-state index contributed by atoms with van der Waals surface area (Å²) in [7, 11) is 5.93. The molecule has 4 aromatic carbocycles. The molecule has 8 nitrogen and oxygen atoms in total. The zero-order chi connectivity index (χ0) is 28.6. The van der Waals surface area contributed by atoms with E-state index in [-0.39, 0.29) is 34.0 Å². The fourth-order valence-corrected chi connectivity index (χ4v) is 4.12. The third-order valence-corrected chi connectivity index (χ3v) is 6.07. The predicted molar refractivity (Wildman–Crippen MR) is 152 cm³/mol. The van der Waals surface area contributed by atoms with Crippen LogP contribution in [0.1, 0.15) is 15.9 Å². The van der Waals surface area contributed by atoms with Crippen LogP contribution < -0.4 is 24.4 Å². The molecule has 0 aliphatic heterocycles. The maximum Gasteiger partial charge on any atom is 0.235 e. The van der Waals surface area contributed by atoms with Gasteiger partial charge in [0.15, 0.2) is 17.1 Å². The van der Waals surface area contributed by atoms with Crippen LogP contribution >= 0.6 is 0 Å². The number of ether oxygens (including phenoxy) is 4. The lowest BCUT2D eigenvalue weighted by atomic mass is 10.0. The van der Waals surface area contributed by atoms with Gasteiger partial charge in [0.05, 0.1) is 33.8 Å². The van der Waals surface area contributed by atoms with Crippen molar-refractivity contribution in [3.63, 3.8) is 0 Å². The summed E-state index contributed by atoms with van der Waals surface area (Å²) in [6.45, 7) is 0. The molecule has 0 fully saturated rings. The van der Waals surface area contributed by atoms with E-state index in [2.05, 4.69) is 0 Å². The van der Waals surface area contributed by atoms with Gasteiger partial charge in [0.25, 0.3) is 0 Å². The molecule has 0 spiro atoms. The molecule has 0 amide bonds. The third kappa shape index (κ3) is 5.61. The van der Waals surface area contributed by atoms with Crippen molar-refractivity contribution in [3.8, 4) is 40.1 Å². The van der Waals surface area contributed by atoms with Crippen molar-refractivity contribution >= 4 is 16.8 Å². The second kappa shape index (κ2) is 12.5. The molecule has 40 heavy (non-hydrogen) atoms. The van der Waals surface area contributed by atoms with Crippen LogP contribution in [0.5, 0.6) is 28.7 Å². The Morgan fingerprint density at radius 3 is 1.98 bits per heavy atom. The van der Waals surface area contributed by atoms with Crippen LogP contribution in [0.15, 0.2) is 100 Å². The molecule has 1 heterocycles. The van der Waals surface area contributed by atoms with E-state index < -0.39 is 0 Å². The highest BCUT2D eigenvalue weighted by Gasteiger charge is 2.21. The van der Waals surface area contributed by atoms with E-state index >= 15 is 0 Å². The molecular formula is C32H28O8. The topological polar surface area (TPSA) is 104 Å². The molecule has 0 saturated carbocycles. The number of para-hydroxylation sites is 1. The number of fused-ring (bicyclic) bond motifs is 1. The highest BCUT2D eigenvalue weighted by molar-refractivity contribution is 6.12. The van der Waals surface area contributed by atoms with Crippen molar-refractivity contribution < 1.29 is 33.3 Å². The Balaban J connectivity index is 0.000000186. The summed E-state index contributed by atoms with van der Waals surface area (Å²) in [5.74, 6) is 1.37. The zero-order valence-corrected chi connectivity index (χ0v) is 22.5. The molecule has 1 aromatic heterocycles. The Morgan fingerprint density at radius 2 is 1.38 bits per heavy atom. The van der Waals surface area contributed by atoms with Crippen molar-refractivity contribution in [1.29, 1.82) is 0 Å². The monoisotopic (exact) mass is 540 g/mol. The Labute approximate surface area is 230 Å². The number of carbonyl (C=O) groups is 1. The number of hydrogen-bond acceptors (Lipinski definition) is 8. The smallest absolute Gasteiger partial charge is 0.235 e. The maximum absolute atomic E-state index is 12.6. The van der Waals surface area contributed by atoms with Gasteiger partial charge in [0.2, 0.25) is 17.0 Å². The summed E-state index contributed by atoms with van der Waals surface area (Å²) in [4.78, 5) is 24.9. The van der Waals surface area contributed by atoms with E-state index in [1.165, 1.54) is 27.4 Å². The first-order chi connectivity index (χ1) is 19.4. The fraction of sp³-hybridized carbons (Fsp3) is 0.125. The summed E-state index contributed by atoms with van der Waals surface area (Å²) in [5, 5.41) is 10.4. The van der Waals surface area contributed by atoms with Crippen molar-refractivity contribution in [2.45, 2.75) is 0 Å². The number of phenolic OH excluding ortho intramolecular Hbond substituents is 1. The van der Waals surface area contributed by atoms with Crippen LogP contribution in [0, 0.1) is 0 Å². The van der Waals surface area contributed by atoms with Gasteiger partial charge in [-0.15, -0.1) is 0 Å². The second-order valence-corrected chi connectivity index (χ2v) is 8.42. The number of methoxy groups -OCH3 is 4. The first kappa shape index (κ1) is 27.8. The summed E-state index contributed by atoms with van der Waals surface area (Å²) >= 11 is 0. The van der Waals surface area contributed by atoms with E-state index in [0.717, 1.165) is 5.56 Å². The lowest BCUT2D eigenvalue weighted by Crippen LogP contribution is -2.08. The van der Waals surface area contributed by atoms with Crippen LogP contribution in [-0.2, 0) is 0 Å². The summed E-state index contributed by atoms with van der Waals surface area (Å²) in [5.41, 5.74) is 1.61. The van der Waals surface area contributed by atoms with Crippen LogP contribution in [0.4, 0.5) is 0 Å². The molecule has 8 heteroatoms. The quantitative estimate of drug-likeness (QED) is 0.246. The minimum Gasteiger partial charge on any atom is -0.507 e. The summed E-state index contributed by atoms with van der Waals surface area (Å²) in [6, 6.07) is 26.3. The van der Waals surface area contributed by atoms with Gasteiger partial charge in [-0.2, -0.15) is 0 Å². The van der Waals surface area contributed by atoms with Crippen LogP contribution in [0.2, 0.25) is 0 Å². The number of phenols is 1. The number of hydrogen-bond donors (Lipinski definition) is 1. The zero-order valence-electron chi connectivity index (χ0n) is 22.5. The molecule has 0 aliphatic carbocycles. The summed E-state index contributed by atoms with van der Waals surface area (Å²) < 4.78 is 26.6. The van der Waals surface area contributed by atoms with Crippen LogP contribution in [0.3, 0.4) is 0 Å². The van der Waals surface area contributed by atoms with Gasteiger partial charge >= 0.3 is 0 Å². The Bertz CT molecular complexity index is 1680. The van der Waals surface area contributed by atoms with Crippen molar-refractivity contribution in [3.05, 3.63) is 112 Å². The number of benzene rings is 4. The lowest BCUT2D eigenvalue weighted by molar-refractivity contribution is 0.103. The average Bonchev–Trinajstić information content (AvgIpc) is 3.01. The molecule has 1 N–H and O–H groups in total. The number of ketones is 1. The van der Waals surface area contributed by atoms with E-state index in [4.69, 9.17) is 23.4 Å². The van der Waals surface area contributed by atoms with Gasteiger partial charge in [0, 0.05) is 23.3 Å². The van der Waals surface area contributed by atoms with Crippen LogP contribution in [0.25, 0.3) is 22.3 Å². The third-order valence-electron chi connectivity index (χ3n) is 6.07. The number of aromatic hydroxyl groups is 1. The number of rotatable bonds is 7. The Kier molecular flexibility index (Phi) is 8.71. The van der Waals surface area contributed by atoms with Gasteiger partial charge in [0.1, 0.15) is 22.8 Å². The SMILES string of the molecule is COc1c(-c2ccccc2)oc2c(OC)cccc2c1=O.COc1cc(O)c(C(=O)c2ccccc2)c(OC)c1. The largest absolute Gasteiger partial charge is 0.507 e. The average molecular weight is 541 g/mol. The molecule has 0 atom stereocenters. The van der Waals surface area contributed by atoms with E-state index in [1.807, 2.05) is 36.4 Å². The van der Waals surface area contributed by atoms with Crippen LogP contribution in [-0.4, -0.2) is 39.3 Å². The highest BCUT2D eigenvalue weighted by atomic mass is 16.5. The van der Waals surface area contributed by atoms with Crippen molar-refractivity contribution in [2.24, 2.45) is 0 Å². The second-order valence-electron chi connectivity index (χ2n) is 8.42. The Morgan fingerprint density at radius 1 is 0.725 bits per heavy atom. The molecule has 5 rings (SSSR count). The molecule has 0 bridgehead atoms. The minimum absolute atomic E-state index is 0.134. The van der Waals surface area contributed by atoms with Gasteiger partial charge < -0.3 is 28.5 Å². The molecule has 0 saturated heterocycles. The minimum atomic E-state index is -0.294. The van der Waals surface area contributed by atoms with E-state index in [0.29, 0.717) is 33.8 Å². The lowest BCUT2D eigenvalue weighted by Gasteiger charge is -2.11. The van der Waals surface area contributed by atoms with E-state index in [1.54, 1.807) is 55.6 Å². The van der Waals surface area contributed by atoms with Gasteiger partial charge in [-0.3, -0.25) is 9.59 Å². The van der Waals surface area contributed by atoms with Gasteiger partial charge in [-0.25, -0.2) is 0 Å². The fourth-order valence-electron chi connectivity index (χ4n) is 4.12. The van der Waals surface area contributed by atoms with Gasteiger partial charge in [-0.1, -0.05) is 66.7 Å². The normalized spacial score (nSPS) is 10.3. The molecular weight excluding hydrogens is 512 g/mol. The Hall–Kier alpha value is -5.24. The van der Waals surface area contributed by atoms with E-state index in [9.17, 15) is 14.7 Å². The first-order valence-corrected chi connectivity index (χ1v) is 12.2. The molecule has 5 aromatic rings. The standard InChI is InChI=1S/C17H14O4.C15H14O4/c1-19-13-10-6-9-12-14(18)17(20-2)15(21-16(12)13)11-7-4-3-5-8-11;1-18-11-8-12(16)14(13(9-11)19-2)15(17)10-6-4-3-5-7-10/h3-10H,1-2H3;3-9,16H,1-2H3. The summed E-state index contributed by atoms with van der Waals surface area (Å²) in [6.07, 6.45) is 0. The van der Waals surface area contributed by atoms with Gasteiger partial charge in [-0.05, 0) is 12.1 Å². The first-order valence-electron chi connectivity index (χ1n) is 12.2.